The highest BCUT2D eigenvalue weighted by Crippen LogP contribution is 2.19. The second-order valence-corrected chi connectivity index (χ2v) is 6.21. The molecule has 0 amide bonds. The van der Waals surface area contributed by atoms with Crippen molar-refractivity contribution in [3.05, 3.63) is 52.0 Å². The smallest absolute Gasteiger partial charge is 0.311 e. The summed E-state index contributed by atoms with van der Waals surface area (Å²) in [6.45, 7) is 4.67. The van der Waals surface area contributed by atoms with Crippen molar-refractivity contribution in [1.29, 1.82) is 0 Å². The fourth-order valence-corrected chi connectivity index (χ4v) is 2.81. The van der Waals surface area contributed by atoms with Gasteiger partial charge in [0.25, 0.3) is 0 Å². The van der Waals surface area contributed by atoms with E-state index in [0.29, 0.717) is 12.5 Å². The molecule has 2 rings (SSSR count). The molecule has 0 spiro atoms. The van der Waals surface area contributed by atoms with Gasteiger partial charge in [-0.15, -0.1) is 11.3 Å². The van der Waals surface area contributed by atoms with Gasteiger partial charge in [-0.05, 0) is 18.4 Å². The predicted octanol–water partition coefficient (Wildman–Crippen LogP) is 3.99. The lowest BCUT2D eigenvalue weighted by atomic mass is 10.1. The SMILES string of the molecule is CC(C)c1nc(CC(=O)OCCCc2ccccc2)cs1. The molecule has 0 saturated carbocycles. The molecule has 0 bridgehead atoms. The van der Waals surface area contributed by atoms with Gasteiger partial charge in [-0.3, -0.25) is 4.79 Å². The van der Waals surface area contributed by atoms with Crippen LogP contribution in [-0.4, -0.2) is 17.6 Å². The third kappa shape index (κ3) is 5.31. The molecule has 0 aliphatic carbocycles. The first-order valence-electron chi connectivity index (χ1n) is 7.29. The number of esters is 1. The Hall–Kier alpha value is -1.68. The van der Waals surface area contributed by atoms with Crippen LogP contribution in [0.4, 0.5) is 0 Å². The topological polar surface area (TPSA) is 39.2 Å². The fraction of sp³-hybridized carbons (Fsp3) is 0.412. The van der Waals surface area contributed by atoms with Gasteiger partial charge in [-0.1, -0.05) is 44.2 Å². The molecule has 112 valence electrons. The van der Waals surface area contributed by atoms with Crippen molar-refractivity contribution in [2.24, 2.45) is 0 Å². The molecule has 0 atom stereocenters. The van der Waals surface area contributed by atoms with E-state index in [2.05, 4.69) is 31.0 Å². The Morgan fingerprint density at radius 3 is 2.71 bits per heavy atom. The Morgan fingerprint density at radius 2 is 2.05 bits per heavy atom. The van der Waals surface area contributed by atoms with Crippen molar-refractivity contribution in [1.82, 2.24) is 4.98 Å². The zero-order chi connectivity index (χ0) is 15.1. The molecule has 21 heavy (non-hydrogen) atoms. The molecule has 0 fully saturated rings. The number of nitrogens with zero attached hydrogens (tertiary/aromatic N) is 1. The highest BCUT2D eigenvalue weighted by atomic mass is 32.1. The Morgan fingerprint density at radius 1 is 1.29 bits per heavy atom. The highest BCUT2D eigenvalue weighted by molar-refractivity contribution is 7.09. The van der Waals surface area contributed by atoms with Crippen molar-refractivity contribution in [3.63, 3.8) is 0 Å². The van der Waals surface area contributed by atoms with Gasteiger partial charge >= 0.3 is 5.97 Å². The van der Waals surface area contributed by atoms with E-state index >= 15 is 0 Å². The van der Waals surface area contributed by atoms with Crippen molar-refractivity contribution < 1.29 is 9.53 Å². The average Bonchev–Trinajstić information content (AvgIpc) is 2.93. The van der Waals surface area contributed by atoms with Crippen molar-refractivity contribution in [2.45, 2.75) is 39.0 Å². The lowest BCUT2D eigenvalue weighted by molar-refractivity contribution is -0.142. The molecule has 0 aliphatic heterocycles. The van der Waals surface area contributed by atoms with E-state index in [1.54, 1.807) is 11.3 Å². The minimum atomic E-state index is -0.191. The first kappa shape index (κ1) is 15.7. The first-order chi connectivity index (χ1) is 10.1. The summed E-state index contributed by atoms with van der Waals surface area (Å²) in [5, 5.41) is 3.02. The number of ether oxygens (including phenoxy) is 1. The minimum Gasteiger partial charge on any atom is -0.465 e. The monoisotopic (exact) mass is 303 g/mol. The molecule has 0 unspecified atom stereocenters. The largest absolute Gasteiger partial charge is 0.465 e. The maximum Gasteiger partial charge on any atom is 0.311 e. The molecule has 0 saturated heterocycles. The van der Waals surface area contributed by atoms with Crippen LogP contribution >= 0.6 is 11.3 Å². The zero-order valence-corrected chi connectivity index (χ0v) is 13.4. The summed E-state index contributed by atoms with van der Waals surface area (Å²) in [7, 11) is 0. The van der Waals surface area contributed by atoms with E-state index < -0.39 is 0 Å². The molecule has 1 aromatic carbocycles. The summed E-state index contributed by atoms with van der Waals surface area (Å²) in [5.74, 6) is 0.217. The second-order valence-electron chi connectivity index (χ2n) is 5.32. The number of aryl methyl sites for hydroxylation is 1. The summed E-state index contributed by atoms with van der Waals surface area (Å²) in [6.07, 6.45) is 2.06. The quantitative estimate of drug-likeness (QED) is 0.573. The standard InChI is InChI=1S/C17H21NO2S/c1-13(2)17-18-15(12-21-17)11-16(19)20-10-6-9-14-7-4-3-5-8-14/h3-5,7-8,12-13H,6,9-11H2,1-2H3. The van der Waals surface area contributed by atoms with Gasteiger partial charge in [0.1, 0.15) is 0 Å². The predicted molar refractivity (Wildman–Crippen MR) is 85.6 cm³/mol. The molecule has 4 heteroatoms. The molecule has 1 heterocycles. The van der Waals surface area contributed by atoms with E-state index in [9.17, 15) is 4.79 Å². The Bertz CT molecular complexity index is 563. The second kappa shape index (κ2) is 7.93. The number of hydrogen-bond donors (Lipinski definition) is 0. The Kier molecular flexibility index (Phi) is 5.93. The van der Waals surface area contributed by atoms with Crippen LogP contribution in [0.15, 0.2) is 35.7 Å². The number of aromatic nitrogens is 1. The van der Waals surface area contributed by atoms with E-state index in [0.717, 1.165) is 23.5 Å². The van der Waals surface area contributed by atoms with Crippen LogP contribution in [0.2, 0.25) is 0 Å². The van der Waals surface area contributed by atoms with Crippen molar-refractivity contribution >= 4 is 17.3 Å². The van der Waals surface area contributed by atoms with Crippen molar-refractivity contribution in [2.75, 3.05) is 6.61 Å². The van der Waals surface area contributed by atoms with Crippen LogP contribution in [0, 0.1) is 0 Å². The summed E-state index contributed by atoms with van der Waals surface area (Å²) in [6, 6.07) is 10.2. The lowest BCUT2D eigenvalue weighted by Crippen LogP contribution is -2.10. The highest BCUT2D eigenvalue weighted by Gasteiger charge is 2.10. The lowest BCUT2D eigenvalue weighted by Gasteiger charge is -2.04. The van der Waals surface area contributed by atoms with Gasteiger partial charge < -0.3 is 4.74 Å². The summed E-state index contributed by atoms with van der Waals surface area (Å²) < 4.78 is 5.26. The molecule has 2 aromatic rings. The number of rotatable bonds is 7. The molecule has 0 aliphatic rings. The van der Waals surface area contributed by atoms with Crippen molar-refractivity contribution in [3.8, 4) is 0 Å². The number of benzene rings is 1. The number of thiazole rings is 1. The summed E-state index contributed by atoms with van der Waals surface area (Å²) >= 11 is 1.61. The fourth-order valence-electron chi connectivity index (χ4n) is 1.97. The van der Waals surface area contributed by atoms with E-state index in [1.165, 1.54) is 5.56 Å². The van der Waals surface area contributed by atoms with Crippen LogP contribution in [0.5, 0.6) is 0 Å². The Balaban J connectivity index is 1.67. The van der Waals surface area contributed by atoms with Crippen LogP contribution < -0.4 is 0 Å². The van der Waals surface area contributed by atoms with Gasteiger partial charge in [-0.2, -0.15) is 0 Å². The van der Waals surface area contributed by atoms with E-state index in [4.69, 9.17) is 4.74 Å². The van der Waals surface area contributed by atoms with Gasteiger partial charge in [0.15, 0.2) is 0 Å². The van der Waals surface area contributed by atoms with Gasteiger partial charge in [-0.25, -0.2) is 4.98 Å². The molecule has 1 aromatic heterocycles. The van der Waals surface area contributed by atoms with E-state index in [-0.39, 0.29) is 12.4 Å². The average molecular weight is 303 g/mol. The molecule has 3 nitrogen and oxygen atoms in total. The van der Waals surface area contributed by atoms with E-state index in [1.807, 2.05) is 23.6 Å². The maximum atomic E-state index is 11.7. The van der Waals surface area contributed by atoms with Crippen LogP contribution in [0.25, 0.3) is 0 Å². The van der Waals surface area contributed by atoms with Gasteiger partial charge in [0.2, 0.25) is 0 Å². The van der Waals surface area contributed by atoms with Crippen LogP contribution in [0.3, 0.4) is 0 Å². The molecular formula is C17H21NO2S. The normalized spacial score (nSPS) is 10.8. The summed E-state index contributed by atoms with van der Waals surface area (Å²) in [5.41, 5.74) is 2.09. The van der Waals surface area contributed by atoms with Crippen LogP contribution in [-0.2, 0) is 22.4 Å². The summed E-state index contributed by atoms with van der Waals surface area (Å²) in [4.78, 5) is 16.2. The molecule has 0 N–H and O–H groups in total. The van der Waals surface area contributed by atoms with Gasteiger partial charge in [0, 0.05) is 11.3 Å². The molecule has 0 radical (unpaired) electrons. The number of hydrogen-bond acceptors (Lipinski definition) is 4. The molecular weight excluding hydrogens is 282 g/mol. The number of carbonyl (C=O) groups excluding carboxylic acids is 1. The first-order valence-corrected chi connectivity index (χ1v) is 8.17. The van der Waals surface area contributed by atoms with Gasteiger partial charge in [0.05, 0.1) is 23.7 Å². The van der Waals surface area contributed by atoms with Crippen LogP contribution in [0.1, 0.15) is 42.5 Å². The third-order valence-corrected chi connectivity index (χ3v) is 4.30. The third-order valence-electron chi connectivity index (χ3n) is 3.10. The number of carbonyl (C=O) groups is 1. The maximum absolute atomic E-state index is 11.7. The zero-order valence-electron chi connectivity index (χ0n) is 12.5. The minimum absolute atomic E-state index is 0.191. The Labute approximate surface area is 130 Å².